The Hall–Kier alpha value is -1.11. The summed E-state index contributed by atoms with van der Waals surface area (Å²) in [5.74, 6) is -0.713. The van der Waals surface area contributed by atoms with Crippen LogP contribution in [0.3, 0.4) is 0 Å². The van der Waals surface area contributed by atoms with E-state index in [4.69, 9.17) is 9.16 Å². The standard InChI is InChI=1S/C15H26N2O5SSi2/c1-9(18)21-10-8-23-14-11(16-24(2,3)4)13(19)17(14)12(10)15(20)22-25(5,6)7/h11,14,16H,8H2,1-7H3. The van der Waals surface area contributed by atoms with Crippen LogP contribution >= 0.6 is 11.8 Å². The summed E-state index contributed by atoms with van der Waals surface area (Å²) in [6, 6.07) is -0.315. The van der Waals surface area contributed by atoms with Crippen molar-refractivity contribution in [3.8, 4) is 0 Å². The van der Waals surface area contributed by atoms with E-state index in [0.29, 0.717) is 5.75 Å². The van der Waals surface area contributed by atoms with Crippen molar-refractivity contribution in [1.29, 1.82) is 0 Å². The van der Waals surface area contributed by atoms with Crippen molar-refractivity contribution in [2.45, 2.75) is 57.6 Å². The van der Waals surface area contributed by atoms with Crippen LogP contribution in [0.5, 0.6) is 0 Å². The zero-order valence-corrected chi connectivity index (χ0v) is 18.6. The molecular formula is C15H26N2O5SSi2. The van der Waals surface area contributed by atoms with Gasteiger partial charge in [-0.2, -0.15) is 0 Å². The second-order valence-electron chi connectivity index (χ2n) is 8.15. The monoisotopic (exact) mass is 402 g/mol. The van der Waals surface area contributed by atoms with Gasteiger partial charge >= 0.3 is 11.9 Å². The molecule has 0 aromatic heterocycles. The van der Waals surface area contributed by atoms with Crippen LogP contribution < -0.4 is 4.98 Å². The van der Waals surface area contributed by atoms with Gasteiger partial charge < -0.3 is 14.1 Å². The van der Waals surface area contributed by atoms with Crippen LogP contribution in [0.4, 0.5) is 0 Å². The number of esters is 1. The quantitative estimate of drug-likeness (QED) is 0.427. The van der Waals surface area contributed by atoms with Crippen molar-refractivity contribution in [2.75, 3.05) is 5.75 Å². The molecule has 2 aliphatic rings. The van der Waals surface area contributed by atoms with E-state index in [1.807, 2.05) is 19.6 Å². The molecule has 0 bridgehead atoms. The summed E-state index contributed by atoms with van der Waals surface area (Å²) in [5.41, 5.74) is 0.0833. The lowest BCUT2D eigenvalue weighted by atomic mass is 10.1. The summed E-state index contributed by atoms with van der Waals surface area (Å²) in [4.78, 5) is 41.6. The second-order valence-corrected chi connectivity index (χ2v) is 18.5. The number of β-lactam (4-membered cyclic amide) rings is 1. The van der Waals surface area contributed by atoms with E-state index in [2.05, 4.69) is 24.6 Å². The minimum Gasteiger partial charge on any atom is -0.515 e. The first kappa shape index (κ1) is 20.2. The third-order valence-corrected chi connectivity index (χ3v) is 6.61. The van der Waals surface area contributed by atoms with Gasteiger partial charge in [0.05, 0.1) is 5.75 Å². The molecule has 1 fully saturated rings. The number of nitrogens with one attached hydrogen (secondary N) is 1. The molecule has 2 heterocycles. The van der Waals surface area contributed by atoms with Crippen LogP contribution in [0.15, 0.2) is 11.5 Å². The van der Waals surface area contributed by atoms with Crippen molar-refractivity contribution in [1.82, 2.24) is 9.88 Å². The van der Waals surface area contributed by atoms with Gasteiger partial charge in [0.25, 0.3) is 0 Å². The molecule has 2 unspecified atom stereocenters. The van der Waals surface area contributed by atoms with Gasteiger partial charge in [0.15, 0.2) is 5.70 Å². The highest BCUT2D eigenvalue weighted by molar-refractivity contribution is 8.00. The maximum Gasteiger partial charge on any atom is 0.345 e. The number of carbonyl (C=O) groups is 3. The summed E-state index contributed by atoms with van der Waals surface area (Å²) in [6.45, 7) is 13.3. The van der Waals surface area contributed by atoms with Crippen molar-refractivity contribution in [2.24, 2.45) is 0 Å². The van der Waals surface area contributed by atoms with Crippen molar-refractivity contribution < 1.29 is 23.5 Å². The van der Waals surface area contributed by atoms with Crippen molar-refractivity contribution in [3.05, 3.63) is 11.5 Å². The summed E-state index contributed by atoms with van der Waals surface area (Å²) in [7, 11) is -3.82. The molecule has 10 heteroatoms. The van der Waals surface area contributed by atoms with Crippen LogP contribution in [0, 0.1) is 0 Å². The van der Waals surface area contributed by atoms with Crippen LogP contribution in [-0.4, -0.2) is 56.5 Å². The molecule has 2 rings (SSSR count). The Morgan fingerprint density at radius 1 is 1.20 bits per heavy atom. The van der Waals surface area contributed by atoms with E-state index in [9.17, 15) is 14.4 Å². The fourth-order valence-electron chi connectivity index (χ4n) is 2.63. The van der Waals surface area contributed by atoms with E-state index < -0.39 is 28.5 Å². The average molecular weight is 403 g/mol. The second kappa shape index (κ2) is 6.90. The van der Waals surface area contributed by atoms with Gasteiger partial charge in [-0.15, -0.1) is 11.8 Å². The molecule has 0 aromatic rings. The van der Waals surface area contributed by atoms with Gasteiger partial charge in [-0.1, -0.05) is 19.6 Å². The SMILES string of the molecule is CC(=O)OC1=C(C(=O)O[Si](C)(C)C)N2C(=O)C(N[Si](C)(C)C)C2SC1. The highest BCUT2D eigenvalue weighted by Gasteiger charge is 2.55. The highest BCUT2D eigenvalue weighted by Crippen LogP contribution is 2.41. The number of ether oxygens (including phenoxy) is 1. The molecule has 0 aromatic carbocycles. The molecule has 7 nitrogen and oxygen atoms in total. The van der Waals surface area contributed by atoms with Gasteiger partial charge in [-0.3, -0.25) is 14.5 Å². The van der Waals surface area contributed by atoms with Gasteiger partial charge in [0.2, 0.25) is 14.2 Å². The first-order valence-corrected chi connectivity index (χ1v) is 16.1. The molecule has 1 N–H and O–H groups in total. The van der Waals surface area contributed by atoms with Gasteiger partial charge in [0, 0.05) is 6.92 Å². The van der Waals surface area contributed by atoms with Crippen molar-refractivity contribution >= 4 is 46.2 Å². The average Bonchev–Trinajstić information content (AvgIpc) is 2.40. The maximum absolute atomic E-state index is 12.7. The fourth-order valence-corrected chi connectivity index (χ4v) is 5.87. The first-order valence-electron chi connectivity index (χ1n) is 8.17. The molecular weight excluding hydrogens is 376 g/mol. The van der Waals surface area contributed by atoms with Crippen LogP contribution in [0.1, 0.15) is 6.92 Å². The Balaban J connectivity index is 2.32. The van der Waals surface area contributed by atoms with Crippen LogP contribution in [-0.2, 0) is 23.5 Å². The Bertz CT molecular complexity index is 639. The Kier molecular flexibility index (Phi) is 5.57. The Morgan fingerprint density at radius 3 is 2.28 bits per heavy atom. The van der Waals surface area contributed by atoms with E-state index in [1.54, 1.807) is 0 Å². The topological polar surface area (TPSA) is 84.9 Å². The lowest BCUT2D eigenvalue weighted by Gasteiger charge is -2.51. The molecule has 25 heavy (non-hydrogen) atoms. The predicted molar refractivity (Wildman–Crippen MR) is 102 cm³/mol. The first-order chi connectivity index (χ1) is 11.3. The van der Waals surface area contributed by atoms with Crippen molar-refractivity contribution in [3.63, 3.8) is 0 Å². The molecule has 2 atom stereocenters. The number of amides is 1. The zero-order valence-electron chi connectivity index (χ0n) is 15.8. The van der Waals surface area contributed by atoms with Gasteiger partial charge in [-0.05, 0) is 19.6 Å². The maximum atomic E-state index is 12.7. The zero-order chi connectivity index (χ0) is 19.2. The minimum absolute atomic E-state index is 0.0833. The summed E-state index contributed by atoms with van der Waals surface area (Å²) >= 11 is 1.49. The summed E-state index contributed by atoms with van der Waals surface area (Å²) < 4.78 is 10.8. The van der Waals surface area contributed by atoms with E-state index >= 15 is 0 Å². The molecule has 0 saturated carbocycles. The molecule has 1 saturated heterocycles. The third-order valence-electron chi connectivity index (χ3n) is 3.38. The number of fused-ring (bicyclic) bond motifs is 1. The highest BCUT2D eigenvalue weighted by atomic mass is 32.2. The summed E-state index contributed by atoms with van der Waals surface area (Å²) in [5, 5.41) is -0.178. The third kappa shape index (κ3) is 4.75. The molecule has 1 amide bonds. The van der Waals surface area contributed by atoms with E-state index in [0.717, 1.165) is 0 Å². The van der Waals surface area contributed by atoms with Crippen LogP contribution in [0.25, 0.3) is 0 Å². The lowest BCUT2D eigenvalue weighted by Crippen LogP contribution is -2.73. The minimum atomic E-state index is -2.16. The Morgan fingerprint density at radius 2 is 1.80 bits per heavy atom. The van der Waals surface area contributed by atoms with E-state index in [-0.39, 0.29) is 28.8 Å². The molecule has 2 aliphatic heterocycles. The smallest absolute Gasteiger partial charge is 0.345 e. The number of hydrogen-bond acceptors (Lipinski definition) is 7. The van der Waals surface area contributed by atoms with Gasteiger partial charge in [-0.25, -0.2) is 4.79 Å². The molecule has 0 radical (unpaired) electrons. The normalized spacial score (nSPS) is 23.8. The number of carbonyl (C=O) groups excluding carboxylic acids is 3. The van der Waals surface area contributed by atoms with Gasteiger partial charge in [0.1, 0.15) is 25.4 Å². The number of nitrogens with zero attached hydrogens (tertiary/aromatic N) is 1. The Labute approximate surface area is 154 Å². The summed E-state index contributed by atoms with van der Waals surface area (Å²) in [6.07, 6.45) is 0. The number of thioether (sulfide) groups is 1. The number of rotatable bonds is 5. The largest absolute Gasteiger partial charge is 0.515 e. The predicted octanol–water partition coefficient (Wildman–Crippen LogP) is 1.85. The molecule has 0 spiro atoms. The molecule has 0 aliphatic carbocycles. The fraction of sp³-hybridized carbons (Fsp3) is 0.667. The van der Waals surface area contributed by atoms with Crippen LogP contribution in [0.2, 0.25) is 39.3 Å². The molecule has 140 valence electrons. The lowest BCUT2D eigenvalue weighted by molar-refractivity contribution is -0.149. The number of hydrogen-bond donors (Lipinski definition) is 1. The van der Waals surface area contributed by atoms with E-state index in [1.165, 1.54) is 23.6 Å².